The average molecular weight is 306 g/mol. The first-order valence-corrected chi connectivity index (χ1v) is 8.56. The Morgan fingerprint density at radius 1 is 1.27 bits per heavy atom. The normalized spacial score (nSPS) is 17.6. The molecule has 124 valence electrons. The lowest BCUT2D eigenvalue weighted by molar-refractivity contribution is 0.206. The molecule has 0 aliphatic carbocycles. The van der Waals surface area contributed by atoms with Gasteiger partial charge in [0.1, 0.15) is 0 Å². The molecule has 2 rings (SSSR count). The molecule has 0 amide bonds. The van der Waals surface area contributed by atoms with Gasteiger partial charge in [0.15, 0.2) is 5.96 Å². The molecule has 0 bridgehead atoms. The van der Waals surface area contributed by atoms with Crippen LogP contribution in [-0.4, -0.2) is 59.4 Å². The number of hydrogen-bond donors (Lipinski definition) is 2. The predicted molar refractivity (Wildman–Crippen MR) is 91.1 cm³/mol. The van der Waals surface area contributed by atoms with Crippen molar-refractivity contribution in [3.05, 3.63) is 18.5 Å². The SMILES string of the molecule is CCCN1CCC(NC(=NCCn2cccn2)NCC)CC1. The summed E-state index contributed by atoms with van der Waals surface area (Å²) in [7, 11) is 0. The Bertz CT molecular complexity index is 420. The summed E-state index contributed by atoms with van der Waals surface area (Å²) in [6.45, 7) is 10.4. The van der Waals surface area contributed by atoms with Crippen LogP contribution in [0.25, 0.3) is 0 Å². The molecule has 0 spiro atoms. The second kappa shape index (κ2) is 9.46. The summed E-state index contributed by atoms with van der Waals surface area (Å²) in [5.74, 6) is 0.934. The number of rotatable bonds is 7. The molecule has 0 aromatic carbocycles. The van der Waals surface area contributed by atoms with E-state index in [0.29, 0.717) is 6.04 Å². The van der Waals surface area contributed by atoms with Crippen LogP contribution in [0.3, 0.4) is 0 Å². The number of likely N-dealkylation sites (tertiary alicyclic amines) is 1. The maximum Gasteiger partial charge on any atom is 0.191 e. The topological polar surface area (TPSA) is 57.5 Å². The molecule has 2 heterocycles. The van der Waals surface area contributed by atoms with Crippen molar-refractivity contribution in [3.63, 3.8) is 0 Å². The standard InChI is InChI=1S/C16H30N6/c1-3-10-21-12-6-15(7-13-21)20-16(17-4-2)18-9-14-22-11-5-8-19-22/h5,8,11,15H,3-4,6-7,9-10,12-14H2,1-2H3,(H2,17,18,20). The van der Waals surface area contributed by atoms with Gasteiger partial charge >= 0.3 is 0 Å². The van der Waals surface area contributed by atoms with Crippen LogP contribution in [0.1, 0.15) is 33.1 Å². The lowest BCUT2D eigenvalue weighted by Crippen LogP contribution is -2.48. The second-order valence-corrected chi connectivity index (χ2v) is 5.79. The first kappa shape index (κ1) is 16.8. The zero-order valence-electron chi connectivity index (χ0n) is 14.0. The quantitative estimate of drug-likeness (QED) is 0.589. The fourth-order valence-corrected chi connectivity index (χ4v) is 2.83. The van der Waals surface area contributed by atoms with Crippen LogP contribution < -0.4 is 10.6 Å². The van der Waals surface area contributed by atoms with Crippen LogP contribution in [0.5, 0.6) is 0 Å². The first-order chi connectivity index (χ1) is 10.8. The molecule has 6 heteroatoms. The molecular formula is C16H30N6. The zero-order chi connectivity index (χ0) is 15.6. The zero-order valence-corrected chi connectivity index (χ0v) is 14.0. The van der Waals surface area contributed by atoms with Gasteiger partial charge in [0.05, 0.1) is 13.1 Å². The fraction of sp³-hybridized carbons (Fsp3) is 0.750. The van der Waals surface area contributed by atoms with Crippen LogP contribution in [0.2, 0.25) is 0 Å². The summed E-state index contributed by atoms with van der Waals surface area (Å²) in [4.78, 5) is 7.21. The third-order valence-corrected chi connectivity index (χ3v) is 3.97. The summed E-state index contributed by atoms with van der Waals surface area (Å²) in [5, 5.41) is 11.1. The van der Waals surface area contributed by atoms with Crippen molar-refractivity contribution in [2.75, 3.05) is 32.7 Å². The highest BCUT2D eigenvalue weighted by molar-refractivity contribution is 5.80. The molecule has 1 aromatic rings. The van der Waals surface area contributed by atoms with Crippen molar-refractivity contribution in [1.29, 1.82) is 0 Å². The molecule has 0 radical (unpaired) electrons. The Balaban J connectivity index is 1.76. The van der Waals surface area contributed by atoms with Crippen molar-refractivity contribution >= 4 is 5.96 Å². The Labute approximate surface area is 134 Å². The summed E-state index contributed by atoms with van der Waals surface area (Å²) in [5.41, 5.74) is 0. The molecule has 1 fully saturated rings. The minimum atomic E-state index is 0.538. The van der Waals surface area contributed by atoms with Gasteiger partial charge in [-0.3, -0.25) is 9.67 Å². The van der Waals surface area contributed by atoms with E-state index in [1.807, 2.05) is 16.9 Å². The van der Waals surface area contributed by atoms with Crippen LogP contribution >= 0.6 is 0 Å². The summed E-state index contributed by atoms with van der Waals surface area (Å²) in [6, 6.07) is 2.48. The van der Waals surface area contributed by atoms with E-state index < -0.39 is 0 Å². The minimum Gasteiger partial charge on any atom is -0.357 e. The molecule has 1 saturated heterocycles. The van der Waals surface area contributed by atoms with Gasteiger partial charge in [-0.25, -0.2) is 0 Å². The number of guanidine groups is 1. The van der Waals surface area contributed by atoms with Crippen LogP contribution in [-0.2, 0) is 6.54 Å². The molecule has 0 saturated carbocycles. The molecule has 0 unspecified atom stereocenters. The average Bonchev–Trinajstić information content (AvgIpc) is 3.03. The smallest absolute Gasteiger partial charge is 0.191 e. The highest BCUT2D eigenvalue weighted by Crippen LogP contribution is 2.10. The second-order valence-electron chi connectivity index (χ2n) is 5.79. The van der Waals surface area contributed by atoms with Gasteiger partial charge in [-0.2, -0.15) is 5.10 Å². The maximum absolute atomic E-state index is 4.66. The number of hydrogen-bond acceptors (Lipinski definition) is 3. The minimum absolute atomic E-state index is 0.538. The van der Waals surface area contributed by atoms with Crippen molar-refractivity contribution in [2.45, 2.75) is 45.7 Å². The number of piperidine rings is 1. The van der Waals surface area contributed by atoms with Gasteiger partial charge in [0, 0.05) is 38.1 Å². The van der Waals surface area contributed by atoms with E-state index in [1.54, 1.807) is 6.20 Å². The lowest BCUT2D eigenvalue weighted by atomic mass is 10.1. The van der Waals surface area contributed by atoms with Gasteiger partial charge in [0.2, 0.25) is 0 Å². The fourth-order valence-electron chi connectivity index (χ4n) is 2.83. The molecule has 1 aliphatic rings. The maximum atomic E-state index is 4.66. The Kier molecular flexibility index (Phi) is 7.22. The highest BCUT2D eigenvalue weighted by Gasteiger charge is 2.19. The summed E-state index contributed by atoms with van der Waals surface area (Å²) in [6.07, 6.45) is 7.42. The number of aliphatic imine (C=N–C) groups is 1. The van der Waals surface area contributed by atoms with Crippen LogP contribution in [0, 0.1) is 0 Å². The largest absolute Gasteiger partial charge is 0.357 e. The van der Waals surface area contributed by atoms with Crippen molar-refractivity contribution in [2.24, 2.45) is 4.99 Å². The highest BCUT2D eigenvalue weighted by atomic mass is 15.3. The number of nitrogens with zero attached hydrogens (tertiary/aromatic N) is 4. The van der Waals surface area contributed by atoms with E-state index >= 15 is 0 Å². The van der Waals surface area contributed by atoms with Crippen molar-refractivity contribution in [1.82, 2.24) is 25.3 Å². The number of nitrogens with one attached hydrogen (secondary N) is 2. The van der Waals surface area contributed by atoms with Crippen molar-refractivity contribution < 1.29 is 0 Å². The van der Waals surface area contributed by atoms with Gasteiger partial charge in [0.25, 0.3) is 0 Å². The lowest BCUT2D eigenvalue weighted by Gasteiger charge is -2.32. The van der Waals surface area contributed by atoms with Crippen molar-refractivity contribution in [3.8, 4) is 0 Å². The third-order valence-electron chi connectivity index (χ3n) is 3.97. The molecule has 1 aliphatic heterocycles. The van der Waals surface area contributed by atoms with Gasteiger partial charge < -0.3 is 15.5 Å². The van der Waals surface area contributed by atoms with Crippen LogP contribution in [0.4, 0.5) is 0 Å². The number of aromatic nitrogens is 2. The molecule has 2 N–H and O–H groups in total. The molecule has 22 heavy (non-hydrogen) atoms. The predicted octanol–water partition coefficient (Wildman–Crippen LogP) is 1.31. The van der Waals surface area contributed by atoms with Gasteiger partial charge in [-0.05, 0) is 38.8 Å². The molecule has 6 nitrogen and oxygen atoms in total. The Morgan fingerprint density at radius 2 is 2.09 bits per heavy atom. The summed E-state index contributed by atoms with van der Waals surface area (Å²) >= 11 is 0. The molecular weight excluding hydrogens is 276 g/mol. The van der Waals surface area contributed by atoms with Gasteiger partial charge in [-0.15, -0.1) is 0 Å². The van der Waals surface area contributed by atoms with E-state index in [1.165, 1.54) is 38.9 Å². The molecule has 1 aromatic heterocycles. The van der Waals surface area contributed by atoms with E-state index in [0.717, 1.165) is 25.6 Å². The van der Waals surface area contributed by atoms with E-state index in [9.17, 15) is 0 Å². The van der Waals surface area contributed by atoms with E-state index in [2.05, 4.69) is 39.5 Å². The Morgan fingerprint density at radius 3 is 2.73 bits per heavy atom. The Hall–Kier alpha value is -1.56. The third kappa shape index (κ3) is 5.67. The van der Waals surface area contributed by atoms with Crippen LogP contribution in [0.15, 0.2) is 23.5 Å². The van der Waals surface area contributed by atoms with Gasteiger partial charge in [-0.1, -0.05) is 6.92 Å². The molecule has 0 atom stereocenters. The first-order valence-electron chi connectivity index (χ1n) is 8.56. The van der Waals surface area contributed by atoms with E-state index in [4.69, 9.17) is 0 Å². The summed E-state index contributed by atoms with van der Waals surface area (Å²) < 4.78 is 1.91. The van der Waals surface area contributed by atoms with E-state index in [-0.39, 0.29) is 0 Å². The monoisotopic (exact) mass is 306 g/mol.